The Labute approximate surface area is 158 Å². The van der Waals surface area contributed by atoms with Gasteiger partial charge in [-0.05, 0) is 24.6 Å². The number of carbonyl (C=O) groups is 2. The number of benzene rings is 2. The van der Waals surface area contributed by atoms with Crippen LogP contribution in [0.5, 0.6) is 0 Å². The summed E-state index contributed by atoms with van der Waals surface area (Å²) in [5.74, 6) is 1.53. The van der Waals surface area contributed by atoms with E-state index in [4.69, 9.17) is 0 Å². The van der Waals surface area contributed by atoms with E-state index in [-0.39, 0.29) is 17.9 Å². The monoisotopic (exact) mass is 367 g/mol. The zero-order valence-electron chi connectivity index (χ0n) is 14.9. The zero-order chi connectivity index (χ0) is 18.1. The van der Waals surface area contributed by atoms with Crippen LogP contribution < -0.4 is 9.80 Å². The number of quaternary nitrogens is 1. The summed E-state index contributed by atoms with van der Waals surface area (Å²) < 4.78 is 0. The third-order valence-electron chi connectivity index (χ3n) is 5.33. The molecule has 2 atom stereocenters. The number of hydrogen-bond acceptors (Lipinski definition) is 3. The fourth-order valence-corrected chi connectivity index (χ4v) is 4.99. The molecule has 2 saturated heterocycles. The van der Waals surface area contributed by atoms with Gasteiger partial charge in [-0.25, -0.2) is 4.90 Å². The van der Waals surface area contributed by atoms with E-state index in [2.05, 4.69) is 0 Å². The van der Waals surface area contributed by atoms with Crippen molar-refractivity contribution in [1.29, 1.82) is 0 Å². The molecule has 0 spiro atoms. The molecule has 0 saturated carbocycles. The van der Waals surface area contributed by atoms with Crippen molar-refractivity contribution in [3.8, 4) is 0 Å². The molecule has 0 bridgehead atoms. The zero-order valence-corrected chi connectivity index (χ0v) is 15.7. The minimum Gasteiger partial charge on any atom is -0.322 e. The number of nitrogens with zero attached hydrogens (tertiary/aromatic N) is 1. The van der Waals surface area contributed by atoms with Gasteiger partial charge in [0.05, 0.1) is 18.8 Å². The Morgan fingerprint density at radius 3 is 2.23 bits per heavy atom. The van der Waals surface area contributed by atoms with Crippen molar-refractivity contribution < 1.29 is 14.5 Å². The molecule has 0 aromatic heterocycles. The Kier molecular flexibility index (Phi) is 4.83. The van der Waals surface area contributed by atoms with E-state index in [0.29, 0.717) is 5.69 Å². The number of rotatable bonds is 3. The molecule has 5 heteroatoms. The summed E-state index contributed by atoms with van der Waals surface area (Å²) in [4.78, 5) is 29.4. The van der Waals surface area contributed by atoms with Crippen LogP contribution in [0.15, 0.2) is 54.6 Å². The van der Waals surface area contributed by atoms with Crippen LogP contribution in [0.1, 0.15) is 17.0 Å². The first-order chi connectivity index (χ1) is 12.7. The minimum absolute atomic E-state index is 0.0605. The van der Waals surface area contributed by atoms with Gasteiger partial charge in [-0.1, -0.05) is 48.0 Å². The normalized spacial score (nSPS) is 24.3. The molecule has 2 aliphatic rings. The first-order valence-electron chi connectivity index (χ1n) is 9.08. The van der Waals surface area contributed by atoms with Gasteiger partial charge < -0.3 is 4.90 Å². The number of amides is 2. The van der Waals surface area contributed by atoms with Crippen LogP contribution in [0.25, 0.3) is 0 Å². The standard InChI is InChI=1S/C21H22N2O2S/c1-15-7-9-17(10-8-15)23-20(24)18(16-5-3-2-4-6-16)19(21(23)25)22-11-13-26-14-12-22/h2-10,18-19H,11-14H2,1H3/p+1/t18-,19+/m1/s1. The molecule has 1 N–H and O–H groups in total. The lowest BCUT2D eigenvalue weighted by Gasteiger charge is -2.30. The number of carbonyl (C=O) groups excluding carboxylic acids is 2. The van der Waals surface area contributed by atoms with Gasteiger partial charge in [-0.3, -0.25) is 9.59 Å². The van der Waals surface area contributed by atoms with Crippen molar-refractivity contribution in [3.63, 3.8) is 0 Å². The lowest BCUT2D eigenvalue weighted by atomic mass is 9.92. The number of anilines is 1. The van der Waals surface area contributed by atoms with Gasteiger partial charge in [0.2, 0.25) is 5.91 Å². The van der Waals surface area contributed by atoms with E-state index in [0.717, 1.165) is 35.7 Å². The molecule has 2 aliphatic heterocycles. The van der Waals surface area contributed by atoms with Crippen molar-refractivity contribution in [2.45, 2.75) is 18.9 Å². The Hall–Kier alpha value is -2.11. The lowest BCUT2D eigenvalue weighted by Crippen LogP contribution is -3.18. The third-order valence-corrected chi connectivity index (χ3v) is 6.32. The molecule has 2 aromatic rings. The Morgan fingerprint density at radius 1 is 0.923 bits per heavy atom. The summed E-state index contributed by atoms with van der Waals surface area (Å²) >= 11 is 1.92. The van der Waals surface area contributed by atoms with Crippen molar-refractivity contribution in [2.75, 3.05) is 29.5 Å². The molecule has 0 aliphatic carbocycles. The maximum absolute atomic E-state index is 13.4. The van der Waals surface area contributed by atoms with Crippen LogP contribution in [0.2, 0.25) is 0 Å². The molecule has 0 unspecified atom stereocenters. The molecule has 4 rings (SSSR count). The molecule has 2 amide bonds. The van der Waals surface area contributed by atoms with Gasteiger partial charge in [-0.2, -0.15) is 11.8 Å². The summed E-state index contributed by atoms with van der Waals surface area (Å²) in [5.41, 5.74) is 2.73. The van der Waals surface area contributed by atoms with Crippen molar-refractivity contribution >= 4 is 29.3 Å². The SMILES string of the molecule is Cc1ccc(N2C(=O)[C@H](c3ccccc3)[C@H]([NH+]3CCSCC3)C2=O)cc1. The summed E-state index contributed by atoms with van der Waals surface area (Å²) in [6.45, 7) is 3.86. The van der Waals surface area contributed by atoms with Gasteiger partial charge in [-0.15, -0.1) is 0 Å². The van der Waals surface area contributed by atoms with Gasteiger partial charge in [0.25, 0.3) is 5.91 Å². The van der Waals surface area contributed by atoms with Crippen molar-refractivity contribution in [1.82, 2.24) is 0 Å². The quantitative estimate of drug-likeness (QED) is 0.839. The molecule has 134 valence electrons. The molecular formula is C21H23N2O2S+. The van der Waals surface area contributed by atoms with E-state index < -0.39 is 5.92 Å². The molecule has 0 radical (unpaired) electrons. The van der Waals surface area contributed by atoms with Gasteiger partial charge in [0.15, 0.2) is 6.04 Å². The number of nitrogens with one attached hydrogen (secondary N) is 1. The maximum atomic E-state index is 13.4. The second kappa shape index (κ2) is 7.25. The van der Waals surface area contributed by atoms with Gasteiger partial charge >= 0.3 is 0 Å². The molecule has 2 aromatic carbocycles. The van der Waals surface area contributed by atoms with E-state index >= 15 is 0 Å². The highest BCUT2D eigenvalue weighted by molar-refractivity contribution is 7.99. The van der Waals surface area contributed by atoms with E-state index in [1.54, 1.807) is 0 Å². The molecule has 4 nitrogen and oxygen atoms in total. The molecular weight excluding hydrogens is 344 g/mol. The van der Waals surface area contributed by atoms with Crippen LogP contribution in [0, 0.1) is 6.92 Å². The van der Waals surface area contributed by atoms with E-state index in [1.165, 1.54) is 9.80 Å². The number of imide groups is 1. The average molecular weight is 367 g/mol. The van der Waals surface area contributed by atoms with Gasteiger partial charge in [0.1, 0.15) is 5.92 Å². The predicted molar refractivity (Wildman–Crippen MR) is 105 cm³/mol. The number of aryl methyl sites for hydroxylation is 1. The number of hydrogen-bond donors (Lipinski definition) is 1. The second-order valence-corrected chi connectivity index (χ2v) is 8.21. The van der Waals surface area contributed by atoms with E-state index in [1.807, 2.05) is 73.3 Å². The smallest absolute Gasteiger partial charge is 0.293 e. The van der Waals surface area contributed by atoms with Crippen molar-refractivity contribution in [2.24, 2.45) is 0 Å². The van der Waals surface area contributed by atoms with Crippen LogP contribution >= 0.6 is 11.8 Å². The first-order valence-corrected chi connectivity index (χ1v) is 10.2. The number of thioether (sulfide) groups is 1. The topological polar surface area (TPSA) is 41.8 Å². The summed E-state index contributed by atoms with van der Waals surface area (Å²) in [5, 5.41) is 0. The van der Waals surface area contributed by atoms with Gasteiger partial charge in [0, 0.05) is 11.5 Å². The Balaban J connectivity index is 1.75. The Bertz CT molecular complexity index is 801. The third kappa shape index (κ3) is 3.06. The highest BCUT2D eigenvalue weighted by atomic mass is 32.2. The second-order valence-electron chi connectivity index (χ2n) is 6.98. The summed E-state index contributed by atoms with van der Waals surface area (Å²) in [6, 6.07) is 17.1. The average Bonchev–Trinajstić information content (AvgIpc) is 2.94. The highest BCUT2D eigenvalue weighted by Gasteiger charge is 2.54. The Morgan fingerprint density at radius 2 is 1.58 bits per heavy atom. The molecule has 2 heterocycles. The predicted octanol–water partition coefficient (Wildman–Crippen LogP) is 1.65. The van der Waals surface area contributed by atoms with Crippen molar-refractivity contribution in [3.05, 3.63) is 65.7 Å². The minimum atomic E-state index is -0.400. The summed E-state index contributed by atoms with van der Waals surface area (Å²) in [7, 11) is 0. The van der Waals surface area contributed by atoms with E-state index in [9.17, 15) is 9.59 Å². The molecule has 26 heavy (non-hydrogen) atoms. The van der Waals surface area contributed by atoms with Crippen LogP contribution in [-0.4, -0.2) is 42.5 Å². The fourth-order valence-electron chi connectivity index (χ4n) is 3.97. The largest absolute Gasteiger partial charge is 0.322 e. The first kappa shape index (κ1) is 17.3. The molecule has 2 fully saturated rings. The van der Waals surface area contributed by atoms with Crippen LogP contribution in [-0.2, 0) is 9.59 Å². The maximum Gasteiger partial charge on any atom is 0.293 e. The van der Waals surface area contributed by atoms with Crippen LogP contribution in [0.4, 0.5) is 5.69 Å². The van der Waals surface area contributed by atoms with Crippen LogP contribution in [0.3, 0.4) is 0 Å². The lowest BCUT2D eigenvalue weighted by molar-refractivity contribution is -0.912. The fraction of sp³-hybridized carbons (Fsp3) is 0.333. The highest BCUT2D eigenvalue weighted by Crippen LogP contribution is 2.32. The summed E-state index contributed by atoms with van der Waals surface area (Å²) in [6.07, 6.45) is 0.